The minimum atomic E-state index is -0.876. The lowest BCUT2D eigenvalue weighted by atomic mass is 10.0. The maximum atomic E-state index is 11.7. The van der Waals surface area contributed by atoms with E-state index in [2.05, 4.69) is 15.3 Å². The van der Waals surface area contributed by atoms with E-state index in [1.807, 2.05) is 36.6 Å². The molecule has 0 unspecified atom stereocenters. The molecule has 1 atom stereocenters. The van der Waals surface area contributed by atoms with Gasteiger partial charge in [-0.25, -0.2) is 14.8 Å². The van der Waals surface area contributed by atoms with Crippen molar-refractivity contribution in [2.45, 2.75) is 13.0 Å². The zero-order valence-electron chi connectivity index (χ0n) is 13.3. The lowest BCUT2D eigenvalue weighted by Gasteiger charge is -2.15. The number of hydrogen-bond acceptors (Lipinski definition) is 7. The van der Waals surface area contributed by atoms with Gasteiger partial charge in [-0.3, -0.25) is 0 Å². The first-order valence-electron chi connectivity index (χ1n) is 7.38. The van der Waals surface area contributed by atoms with Crippen LogP contribution in [-0.4, -0.2) is 40.8 Å². The SMILES string of the molecule is COC(=O)[C@H](CO)Nc1ncnc2scc(-c3ccc(C)cc3)c12. The van der Waals surface area contributed by atoms with E-state index in [-0.39, 0.29) is 6.61 Å². The van der Waals surface area contributed by atoms with Crippen molar-refractivity contribution >= 4 is 33.3 Å². The Kier molecular flexibility index (Phi) is 4.73. The van der Waals surface area contributed by atoms with Gasteiger partial charge in [0.1, 0.15) is 23.0 Å². The molecule has 0 saturated heterocycles. The van der Waals surface area contributed by atoms with Crippen LogP contribution in [0.1, 0.15) is 5.56 Å². The molecule has 3 rings (SSSR count). The van der Waals surface area contributed by atoms with Crippen molar-refractivity contribution in [2.24, 2.45) is 0 Å². The first-order valence-corrected chi connectivity index (χ1v) is 8.26. The average molecular weight is 343 g/mol. The zero-order chi connectivity index (χ0) is 17.1. The molecule has 6 nitrogen and oxygen atoms in total. The number of carbonyl (C=O) groups excluding carboxylic acids is 1. The molecule has 1 aromatic carbocycles. The van der Waals surface area contributed by atoms with E-state index in [0.717, 1.165) is 21.3 Å². The molecule has 2 aromatic heterocycles. The van der Waals surface area contributed by atoms with E-state index < -0.39 is 12.0 Å². The average Bonchev–Trinajstić information content (AvgIpc) is 3.04. The second-order valence-corrected chi connectivity index (χ2v) is 6.18. The van der Waals surface area contributed by atoms with E-state index in [1.54, 1.807) is 0 Å². The monoisotopic (exact) mass is 343 g/mol. The van der Waals surface area contributed by atoms with Crippen LogP contribution in [0.25, 0.3) is 21.3 Å². The highest BCUT2D eigenvalue weighted by Gasteiger charge is 2.21. The van der Waals surface area contributed by atoms with Crippen molar-refractivity contribution in [3.05, 3.63) is 41.5 Å². The van der Waals surface area contributed by atoms with Crippen LogP contribution in [0.15, 0.2) is 36.0 Å². The van der Waals surface area contributed by atoms with Crippen LogP contribution >= 0.6 is 11.3 Å². The highest BCUT2D eigenvalue weighted by molar-refractivity contribution is 7.17. The minimum Gasteiger partial charge on any atom is -0.467 e. The summed E-state index contributed by atoms with van der Waals surface area (Å²) >= 11 is 1.51. The van der Waals surface area contributed by atoms with Crippen molar-refractivity contribution in [3.8, 4) is 11.1 Å². The Bertz CT molecular complexity index is 861. The Morgan fingerprint density at radius 3 is 2.75 bits per heavy atom. The van der Waals surface area contributed by atoms with Gasteiger partial charge in [-0.1, -0.05) is 29.8 Å². The molecule has 2 N–H and O–H groups in total. The number of ether oxygens (including phenoxy) is 1. The van der Waals surface area contributed by atoms with Gasteiger partial charge in [-0.05, 0) is 12.5 Å². The van der Waals surface area contributed by atoms with Gasteiger partial charge in [0.05, 0.1) is 19.1 Å². The van der Waals surface area contributed by atoms with Crippen molar-refractivity contribution in [3.63, 3.8) is 0 Å². The molecule has 0 fully saturated rings. The maximum absolute atomic E-state index is 11.7. The van der Waals surface area contributed by atoms with E-state index in [4.69, 9.17) is 4.74 Å². The molecular weight excluding hydrogens is 326 g/mol. The number of fused-ring (bicyclic) bond motifs is 1. The van der Waals surface area contributed by atoms with Gasteiger partial charge in [0.2, 0.25) is 0 Å². The number of aliphatic hydroxyl groups is 1. The molecule has 0 spiro atoms. The molecule has 0 amide bonds. The summed E-state index contributed by atoms with van der Waals surface area (Å²) in [4.78, 5) is 21.1. The summed E-state index contributed by atoms with van der Waals surface area (Å²) in [6, 6.07) is 7.29. The number of aliphatic hydroxyl groups excluding tert-OH is 1. The van der Waals surface area contributed by atoms with Gasteiger partial charge in [-0.2, -0.15) is 0 Å². The Hall–Kier alpha value is -2.51. The summed E-state index contributed by atoms with van der Waals surface area (Å²) in [5, 5.41) is 15.2. The number of methoxy groups -OCH3 is 1. The summed E-state index contributed by atoms with van der Waals surface area (Å²) in [6.07, 6.45) is 1.44. The van der Waals surface area contributed by atoms with E-state index in [0.29, 0.717) is 5.82 Å². The van der Waals surface area contributed by atoms with E-state index in [1.165, 1.54) is 30.3 Å². The second kappa shape index (κ2) is 6.94. The maximum Gasteiger partial charge on any atom is 0.330 e. The van der Waals surface area contributed by atoms with Gasteiger partial charge in [0.25, 0.3) is 0 Å². The highest BCUT2D eigenvalue weighted by Crippen LogP contribution is 2.36. The predicted molar refractivity (Wildman–Crippen MR) is 94.1 cm³/mol. The molecular formula is C17H17N3O3S. The molecule has 7 heteroatoms. The molecule has 0 bridgehead atoms. The first-order chi connectivity index (χ1) is 11.6. The van der Waals surface area contributed by atoms with Crippen molar-refractivity contribution in [2.75, 3.05) is 19.0 Å². The third-order valence-corrected chi connectivity index (χ3v) is 4.60. The molecule has 0 saturated carbocycles. The lowest BCUT2D eigenvalue weighted by Crippen LogP contribution is -2.34. The fourth-order valence-corrected chi connectivity index (χ4v) is 3.33. The van der Waals surface area contributed by atoms with Gasteiger partial charge < -0.3 is 15.2 Å². The topological polar surface area (TPSA) is 84.3 Å². The Morgan fingerprint density at radius 1 is 1.33 bits per heavy atom. The molecule has 124 valence electrons. The van der Waals surface area contributed by atoms with Crippen LogP contribution in [0.2, 0.25) is 0 Å². The van der Waals surface area contributed by atoms with Gasteiger partial charge >= 0.3 is 5.97 Å². The van der Waals surface area contributed by atoms with Crippen LogP contribution in [-0.2, 0) is 9.53 Å². The number of nitrogens with zero attached hydrogens (tertiary/aromatic N) is 2. The Balaban J connectivity index is 2.07. The number of hydrogen-bond donors (Lipinski definition) is 2. The van der Waals surface area contributed by atoms with Crippen molar-refractivity contribution in [1.29, 1.82) is 0 Å². The summed E-state index contributed by atoms with van der Waals surface area (Å²) in [5.74, 6) is -0.0438. The summed E-state index contributed by atoms with van der Waals surface area (Å²) in [6.45, 7) is 1.65. The standard InChI is InChI=1S/C17H17N3O3S/c1-10-3-5-11(6-4-10)12-8-24-16-14(12)15(18-9-19-16)20-13(7-21)17(22)23-2/h3-6,8-9,13,21H,7H2,1-2H3,(H,18,19,20)/t13-/m0/s1. The van der Waals surface area contributed by atoms with Gasteiger partial charge in [0, 0.05) is 10.9 Å². The van der Waals surface area contributed by atoms with Crippen LogP contribution in [0.4, 0.5) is 5.82 Å². The smallest absolute Gasteiger partial charge is 0.330 e. The number of rotatable bonds is 5. The number of aryl methyl sites for hydroxylation is 1. The Labute approximate surface area is 143 Å². The first kappa shape index (κ1) is 16.4. The second-order valence-electron chi connectivity index (χ2n) is 5.32. The molecule has 2 heterocycles. The number of thiophene rings is 1. The molecule has 0 aliphatic rings. The number of nitrogens with one attached hydrogen (secondary N) is 1. The minimum absolute atomic E-state index is 0.387. The Morgan fingerprint density at radius 2 is 2.08 bits per heavy atom. The van der Waals surface area contributed by atoms with Crippen molar-refractivity contribution < 1.29 is 14.6 Å². The van der Waals surface area contributed by atoms with E-state index >= 15 is 0 Å². The van der Waals surface area contributed by atoms with Crippen LogP contribution in [0.3, 0.4) is 0 Å². The van der Waals surface area contributed by atoms with Crippen LogP contribution in [0, 0.1) is 6.92 Å². The molecule has 24 heavy (non-hydrogen) atoms. The summed E-state index contributed by atoms with van der Waals surface area (Å²) in [5.41, 5.74) is 3.21. The highest BCUT2D eigenvalue weighted by atomic mass is 32.1. The molecule has 3 aromatic rings. The third kappa shape index (κ3) is 3.08. The van der Waals surface area contributed by atoms with Crippen molar-refractivity contribution in [1.82, 2.24) is 9.97 Å². The predicted octanol–water partition coefficient (Wildman–Crippen LogP) is 2.61. The zero-order valence-corrected chi connectivity index (χ0v) is 14.1. The molecule has 0 radical (unpaired) electrons. The van der Waals surface area contributed by atoms with Gasteiger partial charge in [-0.15, -0.1) is 11.3 Å². The molecule has 0 aliphatic heterocycles. The number of aromatic nitrogens is 2. The van der Waals surface area contributed by atoms with E-state index in [9.17, 15) is 9.90 Å². The normalized spacial score (nSPS) is 12.1. The quantitative estimate of drug-likeness (QED) is 0.693. The number of benzene rings is 1. The number of esters is 1. The summed E-state index contributed by atoms with van der Waals surface area (Å²) in [7, 11) is 1.28. The summed E-state index contributed by atoms with van der Waals surface area (Å²) < 4.78 is 4.69. The van der Waals surface area contributed by atoms with Crippen LogP contribution in [0.5, 0.6) is 0 Å². The number of carbonyl (C=O) groups is 1. The van der Waals surface area contributed by atoms with Gasteiger partial charge in [0.15, 0.2) is 0 Å². The lowest BCUT2D eigenvalue weighted by molar-refractivity contribution is -0.142. The number of anilines is 1. The van der Waals surface area contributed by atoms with Crippen LogP contribution < -0.4 is 5.32 Å². The fourth-order valence-electron chi connectivity index (χ4n) is 2.42. The third-order valence-electron chi connectivity index (χ3n) is 3.71. The fraction of sp³-hybridized carbons (Fsp3) is 0.235. The molecule has 0 aliphatic carbocycles. The largest absolute Gasteiger partial charge is 0.467 e.